The van der Waals surface area contributed by atoms with Crippen molar-refractivity contribution in [3.05, 3.63) is 29.8 Å². The number of Topliss-reactive ketones (excluding diaryl/α,β-unsaturated/α-hetero) is 1. The van der Waals surface area contributed by atoms with Crippen molar-refractivity contribution in [2.75, 3.05) is 5.75 Å². The number of thioether (sulfide) groups is 1. The predicted octanol–water partition coefficient (Wildman–Crippen LogP) is 3.89. The second-order valence-corrected chi connectivity index (χ2v) is 6.05. The first-order valence-electron chi connectivity index (χ1n) is 7.33. The van der Waals surface area contributed by atoms with Crippen molar-refractivity contribution in [2.45, 2.75) is 44.7 Å². The number of H-pyrrole nitrogens is 1. The van der Waals surface area contributed by atoms with Crippen LogP contribution in [0.25, 0.3) is 11.4 Å². The highest BCUT2D eigenvalue weighted by molar-refractivity contribution is 7.99. The van der Waals surface area contributed by atoms with Gasteiger partial charge in [0.2, 0.25) is 5.16 Å². The van der Waals surface area contributed by atoms with Gasteiger partial charge in [-0.25, -0.2) is 4.98 Å². The van der Waals surface area contributed by atoms with E-state index >= 15 is 0 Å². The number of aromatic nitrogens is 3. The summed E-state index contributed by atoms with van der Waals surface area (Å²) in [5.74, 6) is 1.29. The van der Waals surface area contributed by atoms with Gasteiger partial charge in [0.15, 0.2) is 5.82 Å². The molecule has 0 radical (unpaired) electrons. The summed E-state index contributed by atoms with van der Waals surface area (Å²) in [6, 6.07) is 8.44. The minimum Gasteiger partial charge on any atom is -0.299 e. The van der Waals surface area contributed by atoms with Gasteiger partial charge >= 0.3 is 0 Å². The molecule has 5 heteroatoms. The second-order valence-electron chi connectivity index (χ2n) is 5.11. The normalized spacial score (nSPS) is 10.8. The highest BCUT2D eigenvalue weighted by Crippen LogP contribution is 2.20. The monoisotopic (exact) mass is 303 g/mol. The lowest BCUT2D eigenvalue weighted by atomic mass is 10.1. The SMILES string of the molecule is CCCCCc1ccc(-c2nc(SCC(C)=O)n[nH]2)cc1. The molecular formula is C16H21N3OS. The average molecular weight is 303 g/mol. The third kappa shape index (κ3) is 5.01. The van der Waals surface area contributed by atoms with E-state index in [-0.39, 0.29) is 5.78 Å². The van der Waals surface area contributed by atoms with Crippen LogP contribution >= 0.6 is 11.8 Å². The van der Waals surface area contributed by atoms with Gasteiger partial charge in [-0.2, -0.15) is 0 Å². The summed E-state index contributed by atoms with van der Waals surface area (Å²) in [7, 11) is 0. The molecule has 0 fully saturated rings. The molecule has 0 unspecified atom stereocenters. The van der Waals surface area contributed by atoms with Crippen LogP contribution in [0.3, 0.4) is 0 Å². The lowest BCUT2D eigenvalue weighted by molar-refractivity contribution is -0.114. The second kappa shape index (κ2) is 7.98. The molecule has 0 spiro atoms. The Morgan fingerprint density at radius 3 is 2.67 bits per heavy atom. The van der Waals surface area contributed by atoms with Gasteiger partial charge in [-0.15, -0.1) is 5.10 Å². The summed E-state index contributed by atoms with van der Waals surface area (Å²) < 4.78 is 0. The summed E-state index contributed by atoms with van der Waals surface area (Å²) in [4.78, 5) is 15.4. The van der Waals surface area contributed by atoms with Crippen LogP contribution in [0, 0.1) is 0 Å². The van der Waals surface area contributed by atoms with Gasteiger partial charge < -0.3 is 0 Å². The van der Waals surface area contributed by atoms with Crippen molar-refractivity contribution >= 4 is 17.5 Å². The first-order valence-corrected chi connectivity index (χ1v) is 8.31. The fourth-order valence-electron chi connectivity index (χ4n) is 2.01. The molecule has 112 valence electrons. The van der Waals surface area contributed by atoms with Crippen LogP contribution in [-0.2, 0) is 11.2 Å². The van der Waals surface area contributed by atoms with E-state index in [2.05, 4.69) is 46.4 Å². The summed E-state index contributed by atoms with van der Waals surface area (Å²) in [5, 5.41) is 7.66. The number of unbranched alkanes of at least 4 members (excludes halogenated alkanes) is 2. The Balaban J connectivity index is 1.96. The number of nitrogens with zero attached hydrogens (tertiary/aromatic N) is 2. The zero-order valence-corrected chi connectivity index (χ0v) is 13.4. The largest absolute Gasteiger partial charge is 0.299 e. The quantitative estimate of drug-likeness (QED) is 0.594. The maximum Gasteiger partial charge on any atom is 0.209 e. The van der Waals surface area contributed by atoms with Crippen molar-refractivity contribution in [1.29, 1.82) is 0 Å². The third-order valence-electron chi connectivity index (χ3n) is 3.17. The van der Waals surface area contributed by atoms with Crippen LogP contribution in [0.4, 0.5) is 0 Å². The van der Waals surface area contributed by atoms with Crippen LogP contribution in [-0.4, -0.2) is 26.7 Å². The Labute approximate surface area is 129 Å². The van der Waals surface area contributed by atoms with E-state index in [0.29, 0.717) is 10.9 Å². The number of aromatic amines is 1. The Kier molecular flexibility index (Phi) is 5.99. The molecule has 0 aliphatic heterocycles. The number of carbonyl (C=O) groups excluding carboxylic acids is 1. The lowest BCUT2D eigenvalue weighted by Gasteiger charge is -2.02. The first-order chi connectivity index (χ1) is 10.2. The third-order valence-corrected chi connectivity index (χ3v) is 4.16. The number of benzene rings is 1. The molecule has 0 aliphatic rings. The van der Waals surface area contributed by atoms with Crippen molar-refractivity contribution in [2.24, 2.45) is 0 Å². The molecule has 0 atom stereocenters. The van der Waals surface area contributed by atoms with Crippen LogP contribution < -0.4 is 0 Å². The van der Waals surface area contributed by atoms with Crippen molar-refractivity contribution in [1.82, 2.24) is 15.2 Å². The van der Waals surface area contributed by atoms with Gasteiger partial charge in [0.25, 0.3) is 0 Å². The van der Waals surface area contributed by atoms with Crippen LogP contribution in [0.15, 0.2) is 29.4 Å². The Hall–Kier alpha value is -1.62. The minimum atomic E-state index is 0.128. The Morgan fingerprint density at radius 1 is 1.24 bits per heavy atom. The standard InChI is InChI=1S/C16H21N3OS/c1-3-4-5-6-13-7-9-14(10-8-13)15-17-16(19-18-15)21-11-12(2)20/h7-10H,3-6,11H2,1-2H3,(H,17,18,19). The van der Waals surface area contributed by atoms with Gasteiger partial charge in [0.1, 0.15) is 5.78 Å². The van der Waals surface area contributed by atoms with E-state index < -0.39 is 0 Å². The molecule has 0 amide bonds. The van der Waals surface area contributed by atoms with Crippen LogP contribution in [0.1, 0.15) is 38.7 Å². The maximum absolute atomic E-state index is 11.0. The maximum atomic E-state index is 11.0. The Morgan fingerprint density at radius 2 is 2.00 bits per heavy atom. The number of rotatable bonds is 8. The van der Waals surface area contributed by atoms with Gasteiger partial charge in [-0.1, -0.05) is 55.8 Å². The van der Waals surface area contributed by atoms with Gasteiger partial charge in [0.05, 0.1) is 5.75 Å². The Bertz CT molecular complexity index is 577. The van der Waals surface area contributed by atoms with Crippen molar-refractivity contribution < 1.29 is 4.79 Å². The molecule has 2 rings (SSSR count). The van der Waals surface area contributed by atoms with Gasteiger partial charge in [-0.05, 0) is 25.3 Å². The number of carbonyl (C=O) groups is 1. The van der Waals surface area contributed by atoms with Crippen molar-refractivity contribution in [3.63, 3.8) is 0 Å². The molecule has 1 aromatic carbocycles. The van der Waals surface area contributed by atoms with Crippen molar-refractivity contribution in [3.8, 4) is 11.4 Å². The molecule has 2 aromatic rings. The number of aryl methyl sites for hydroxylation is 1. The molecule has 0 saturated heterocycles. The topological polar surface area (TPSA) is 58.6 Å². The average Bonchev–Trinajstić information content (AvgIpc) is 2.95. The summed E-state index contributed by atoms with van der Waals surface area (Å²) in [6.45, 7) is 3.78. The summed E-state index contributed by atoms with van der Waals surface area (Å²) >= 11 is 1.36. The van der Waals surface area contributed by atoms with E-state index in [9.17, 15) is 4.79 Å². The summed E-state index contributed by atoms with van der Waals surface area (Å²) in [5.41, 5.74) is 2.38. The fourth-order valence-corrected chi connectivity index (χ4v) is 2.61. The van der Waals surface area contributed by atoms with Gasteiger partial charge in [0, 0.05) is 5.56 Å². The highest BCUT2D eigenvalue weighted by Gasteiger charge is 2.07. The number of hydrogen-bond donors (Lipinski definition) is 1. The molecule has 0 aliphatic carbocycles. The van der Waals surface area contributed by atoms with Gasteiger partial charge in [-0.3, -0.25) is 9.89 Å². The predicted molar refractivity (Wildman–Crippen MR) is 86.5 cm³/mol. The molecule has 21 heavy (non-hydrogen) atoms. The lowest BCUT2D eigenvalue weighted by Crippen LogP contribution is -1.93. The molecular weight excluding hydrogens is 282 g/mol. The zero-order valence-electron chi connectivity index (χ0n) is 12.6. The molecule has 1 aromatic heterocycles. The summed E-state index contributed by atoms with van der Waals surface area (Å²) in [6.07, 6.45) is 4.89. The molecule has 1 heterocycles. The smallest absolute Gasteiger partial charge is 0.209 e. The molecule has 0 saturated carbocycles. The van der Waals surface area contributed by atoms with E-state index in [0.717, 1.165) is 17.8 Å². The molecule has 0 bridgehead atoms. The van der Waals surface area contributed by atoms with E-state index in [1.165, 1.54) is 36.6 Å². The number of ketones is 1. The van der Waals surface area contributed by atoms with E-state index in [1.54, 1.807) is 6.92 Å². The number of nitrogens with one attached hydrogen (secondary N) is 1. The van der Waals surface area contributed by atoms with Crippen LogP contribution in [0.2, 0.25) is 0 Å². The first kappa shape index (κ1) is 15.8. The fraction of sp³-hybridized carbons (Fsp3) is 0.438. The minimum absolute atomic E-state index is 0.128. The van der Waals surface area contributed by atoms with Crippen LogP contribution in [0.5, 0.6) is 0 Å². The zero-order chi connectivity index (χ0) is 15.1. The highest BCUT2D eigenvalue weighted by atomic mass is 32.2. The molecule has 1 N–H and O–H groups in total. The van der Waals surface area contributed by atoms with E-state index in [1.807, 2.05) is 0 Å². The van der Waals surface area contributed by atoms with E-state index in [4.69, 9.17) is 0 Å². The molecule has 4 nitrogen and oxygen atoms in total. The number of hydrogen-bond acceptors (Lipinski definition) is 4.